The fourth-order valence-electron chi connectivity index (χ4n) is 1.38. The predicted molar refractivity (Wildman–Crippen MR) is 79.0 cm³/mol. The summed E-state index contributed by atoms with van der Waals surface area (Å²) in [4.78, 5) is 0. The minimum atomic E-state index is 0.828. The van der Waals surface area contributed by atoms with Crippen LogP contribution < -0.4 is 5.73 Å². The number of nitrogens with two attached hydrogens (primary N) is 1. The molecule has 2 aromatic carbocycles. The van der Waals surface area contributed by atoms with Gasteiger partial charge >= 0.3 is 0 Å². The van der Waals surface area contributed by atoms with E-state index in [2.05, 4.69) is 12.1 Å². The van der Waals surface area contributed by atoms with Gasteiger partial charge in [0.2, 0.25) is 0 Å². The van der Waals surface area contributed by atoms with Gasteiger partial charge in [0.05, 0.1) is 0 Å². The van der Waals surface area contributed by atoms with Crippen LogP contribution in [0.4, 0.5) is 5.69 Å². The largest absolute Gasteiger partial charge is 0.398 e. The molecule has 0 fully saturated rings. The Balaban J connectivity index is 0.000000581. The fourth-order valence-corrected chi connectivity index (χ4v) is 1.38. The van der Waals surface area contributed by atoms with E-state index in [0.717, 1.165) is 11.3 Å². The van der Waals surface area contributed by atoms with Gasteiger partial charge in [-0.2, -0.15) is 0 Å². The van der Waals surface area contributed by atoms with Gasteiger partial charge in [0.25, 0.3) is 0 Å². The van der Waals surface area contributed by atoms with Crippen molar-refractivity contribution < 1.29 is 0 Å². The number of nitrogen functional groups attached to an aromatic ring is 1. The van der Waals surface area contributed by atoms with Crippen molar-refractivity contribution in [3.05, 3.63) is 54.6 Å². The van der Waals surface area contributed by atoms with E-state index in [1.807, 2.05) is 70.2 Å². The highest BCUT2D eigenvalue weighted by molar-refractivity contribution is 5.75. The van der Waals surface area contributed by atoms with Crippen LogP contribution in [0.1, 0.15) is 27.7 Å². The molecule has 2 N–H and O–H groups in total. The molecule has 0 saturated carbocycles. The zero-order valence-electron chi connectivity index (χ0n) is 11.3. The highest BCUT2D eigenvalue weighted by Crippen LogP contribution is 2.24. The third kappa shape index (κ3) is 4.73. The lowest BCUT2D eigenvalue weighted by Gasteiger charge is -2.03. The van der Waals surface area contributed by atoms with Crippen LogP contribution in [-0.4, -0.2) is 0 Å². The molecule has 0 radical (unpaired) electrons. The zero-order valence-corrected chi connectivity index (χ0v) is 11.3. The lowest BCUT2D eigenvalue weighted by Crippen LogP contribution is -1.88. The Hall–Kier alpha value is -1.76. The predicted octanol–water partition coefficient (Wildman–Crippen LogP) is 4.99. The first kappa shape index (κ1) is 15.2. The third-order valence-electron chi connectivity index (χ3n) is 2.05. The van der Waals surface area contributed by atoms with Crippen molar-refractivity contribution in [2.75, 3.05) is 5.73 Å². The summed E-state index contributed by atoms with van der Waals surface area (Å²) < 4.78 is 0. The molecule has 1 heteroatoms. The van der Waals surface area contributed by atoms with Crippen LogP contribution >= 0.6 is 0 Å². The molecule has 0 aromatic heterocycles. The second-order valence-electron chi connectivity index (χ2n) is 2.95. The van der Waals surface area contributed by atoms with Gasteiger partial charge in [-0.1, -0.05) is 76.2 Å². The minimum Gasteiger partial charge on any atom is -0.398 e. The summed E-state index contributed by atoms with van der Waals surface area (Å²) in [6.45, 7) is 8.00. The molecule has 17 heavy (non-hydrogen) atoms. The Labute approximate surface area is 105 Å². The molecule has 0 heterocycles. The first-order valence-electron chi connectivity index (χ1n) is 6.28. The Kier molecular flexibility index (Phi) is 8.48. The van der Waals surface area contributed by atoms with Crippen LogP contribution in [0.3, 0.4) is 0 Å². The molecular formula is C16H23N. The van der Waals surface area contributed by atoms with Gasteiger partial charge in [-0.25, -0.2) is 0 Å². The maximum Gasteiger partial charge on any atom is 0.0393 e. The molecule has 92 valence electrons. The van der Waals surface area contributed by atoms with Crippen molar-refractivity contribution in [1.29, 1.82) is 0 Å². The second-order valence-corrected chi connectivity index (χ2v) is 2.95. The van der Waals surface area contributed by atoms with E-state index in [9.17, 15) is 0 Å². The number of para-hydroxylation sites is 1. The Bertz CT molecular complexity index is 393. The molecule has 0 atom stereocenters. The smallest absolute Gasteiger partial charge is 0.0393 e. The van der Waals surface area contributed by atoms with Crippen LogP contribution in [0.2, 0.25) is 0 Å². The van der Waals surface area contributed by atoms with E-state index >= 15 is 0 Å². The van der Waals surface area contributed by atoms with E-state index in [0.29, 0.717) is 0 Å². The SMILES string of the molecule is CC.CC.Nc1ccccc1-c1ccccc1. The average molecular weight is 229 g/mol. The van der Waals surface area contributed by atoms with Crippen LogP contribution in [0, 0.1) is 0 Å². The molecule has 0 aliphatic rings. The molecule has 0 bridgehead atoms. The Morgan fingerprint density at radius 3 is 1.65 bits per heavy atom. The molecule has 2 aromatic rings. The van der Waals surface area contributed by atoms with Gasteiger partial charge in [0.15, 0.2) is 0 Å². The molecular weight excluding hydrogens is 206 g/mol. The molecule has 0 aliphatic carbocycles. The van der Waals surface area contributed by atoms with Crippen LogP contribution in [0.5, 0.6) is 0 Å². The summed E-state index contributed by atoms with van der Waals surface area (Å²) in [5.74, 6) is 0. The molecule has 0 saturated heterocycles. The fraction of sp³-hybridized carbons (Fsp3) is 0.250. The van der Waals surface area contributed by atoms with E-state index in [4.69, 9.17) is 5.73 Å². The van der Waals surface area contributed by atoms with E-state index in [1.165, 1.54) is 5.56 Å². The summed E-state index contributed by atoms with van der Waals surface area (Å²) in [5.41, 5.74) is 8.95. The van der Waals surface area contributed by atoms with E-state index in [1.54, 1.807) is 0 Å². The lowest BCUT2D eigenvalue weighted by molar-refractivity contribution is 1.50. The summed E-state index contributed by atoms with van der Waals surface area (Å²) in [7, 11) is 0. The van der Waals surface area contributed by atoms with Crippen molar-refractivity contribution in [2.24, 2.45) is 0 Å². The number of rotatable bonds is 1. The summed E-state index contributed by atoms with van der Waals surface area (Å²) in [5, 5.41) is 0. The van der Waals surface area contributed by atoms with Crippen molar-refractivity contribution in [3.63, 3.8) is 0 Å². The van der Waals surface area contributed by atoms with Crippen LogP contribution in [0.25, 0.3) is 11.1 Å². The molecule has 0 spiro atoms. The van der Waals surface area contributed by atoms with Crippen molar-refractivity contribution in [2.45, 2.75) is 27.7 Å². The number of hydrogen-bond acceptors (Lipinski definition) is 1. The van der Waals surface area contributed by atoms with Crippen molar-refractivity contribution >= 4 is 5.69 Å². The normalized spacial score (nSPS) is 8.24. The van der Waals surface area contributed by atoms with Gasteiger partial charge in [0.1, 0.15) is 0 Å². The lowest BCUT2D eigenvalue weighted by atomic mass is 10.0. The quantitative estimate of drug-likeness (QED) is 0.685. The topological polar surface area (TPSA) is 26.0 Å². The minimum absolute atomic E-state index is 0.828. The van der Waals surface area contributed by atoms with E-state index < -0.39 is 0 Å². The van der Waals surface area contributed by atoms with Gasteiger partial charge in [-0.3, -0.25) is 0 Å². The molecule has 1 nitrogen and oxygen atoms in total. The highest BCUT2D eigenvalue weighted by Gasteiger charge is 1.98. The maximum absolute atomic E-state index is 5.85. The van der Waals surface area contributed by atoms with Gasteiger partial charge in [0, 0.05) is 11.3 Å². The van der Waals surface area contributed by atoms with Crippen LogP contribution in [-0.2, 0) is 0 Å². The molecule has 0 aliphatic heterocycles. The summed E-state index contributed by atoms with van der Waals surface area (Å²) in [6.07, 6.45) is 0. The first-order chi connectivity index (χ1) is 8.38. The van der Waals surface area contributed by atoms with Gasteiger partial charge in [-0.15, -0.1) is 0 Å². The third-order valence-corrected chi connectivity index (χ3v) is 2.05. The van der Waals surface area contributed by atoms with Crippen molar-refractivity contribution in [1.82, 2.24) is 0 Å². The van der Waals surface area contributed by atoms with Crippen molar-refractivity contribution in [3.8, 4) is 11.1 Å². The number of benzene rings is 2. The van der Waals surface area contributed by atoms with Gasteiger partial charge in [-0.05, 0) is 11.6 Å². The molecule has 0 unspecified atom stereocenters. The Morgan fingerprint density at radius 1 is 0.647 bits per heavy atom. The van der Waals surface area contributed by atoms with Crippen LogP contribution in [0.15, 0.2) is 54.6 Å². The standard InChI is InChI=1S/C12H11N.2C2H6/c13-12-9-5-4-8-11(12)10-6-2-1-3-7-10;2*1-2/h1-9H,13H2;2*1-2H3. The second kappa shape index (κ2) is 9.46. The average Bonchev–Trinajstić information content (AvgIpc) is 2.45. The number of hydrogen-bond donors (Lipinski definition) is 1. The molecule has 0 amide bonds. The zero-order chi connectivity index (χ0) is 13.1. The number of anilines is 1. The van der Waals surface area contributed by atoms with Gasteiger partial charge < -0.3 is 5.73 Å². The Morgan fingerprint density at radius 2 is 1.12 bits per heavy atom. The highest BCUT2D eigenvalue weighted by atomic mass is 14.6. The monoisotopic (exact) mass is 229 g/mol. The summed E-state index contributed by atoms with van der Waals surface area (Å²) >= 11 is 0. The maximum atomic E-state index is 5.85. The summed E-state index contributed by atoms with van der Waals surface area (Å²) in [6, 6.07) is 18.1. The molecule has 2 rings (SSSR count). The van der Waals surface area contributed by atoms with E-state index in [-0.39, 0.29) is 0 Å². The first-order valence-corrected chi connectivity index (χ1v) is 6.28.